The zero-order chi connectivity index (χ0) is 15.7. The first-order chi connectivity index (χ1) is 10.6. The number of aryl methyl sites for hydroxylation is 2. The topological polar surface area (TPSA) is 72.6 Å². The van der Waals surface area contributed by atoms with E-state index in [0.717, 1.165) is 25.7 Å². The minimum atomic E-state index is -3.48. The lowest BCUT2D eigenvalue weighted by Gasteiger charge is -2.37. The molecule has 7 heteroatoms. The lowest BCUT2D eigenvalue weighted by atomic mass is 10.0. The summed E-state index contributed by atoms with van der Waals surface area (Å²) in [5.41, 5.74) is 8.28. The summed E-state index contributed by atoms with van der Waals surface area (Å²) in [6.45, 7) is 0.795. The number of hydrogen-bond acceptors (Lipinski definition) is 4. The molecule has 1 aliphatic heterocycles. The molecule has 23 heavy (non-hydrogen) atoms. The summed E-state index contributed by atoms with van der Waals surface area (Å²) in [5, 5.41) is 0. The average molecular weight is 361 g/mol. The van der Waals surface area contributed by atoms with E-state index in [0.29, 0.717) is 24.4 Å². The van der Waals surface area contributed by atoms with Crippen LogP contribution in [-0.2, 0) is 27.6 Å². The predicted molar refractivity (Wildman–Crippen MR) is 92.5 cm³/mol. The number of hydrogen-bond donors (Lipinski definition) is 1. The van der Waals surface area contributed by atoms with Crippen molar-refractivity contribution in [2.45, 2.75) is 49.1 Å². The zero-order valence-electron chi connectivity index (χ0n) is 13.4. The van der Waals surface area contributed by atoms with Crippen LogP contribution in [-0.4, -0.2) is 45.1 Å². The Morgan fingerprint density at radius 1 is 1.30 bits per heavy atom. The molecule has 1 heterocycles. The molecule has 2 N–H and O–H groups in total. The molecule has 1 aromatic rings. The van der Waals surface area contributed by atoms with Crippen LogP contribution >= 0.6 is 12.4 Å². The Balaban J connectivity index is 0.00000192. The number of fused-ring (bicyclic) bond motifs is 1. The lowest BCUT2D eigenvalue weighted by molar-refractivity contribution is 0.0401. The largest absolute Gasteiger partial charge is 0.381 e. The van der Waals surface area contributed by atoms with E-state index >= 15 is 0 Å². The molecule has 2 unspecified atom stereocenters. The Morgan fingerprint density at radius 2 is 2.04 bits per heavy atom. The number of ether oxygens (including phenoxy) is 1. The summed E-state index contributed by atoms with van der Waals surface area (Å²) in [6, 6.07) is 5.38. The van der Waals surface area contributed by atoms with E-state index in [-0.39, 0.29) is 24.6 Å². The molecule has 5 nitrogen and oxygen atoms in total. The molecule has 0 radical (unpaired) electrons. The molecule has 3 rings (SSSR count). The molecular formula is C16H25ClN2O3S. The molecule has 1 aromatic carbocycles. The van der Waals surface area contributed by atoms with Gasteiger partial charge in [-0.1, -0.05) is 6.07 Å². The van der Waals surface area contributed by atoms with Gasteiger partial charge in [0.05, 0.1) is 11.0 Å². The maximum absolute atomic E-state index is 13.0. The number of halogens is 1. The highest BCUT2D eigenvalue weighted by atomic mass is 35.5. The summed E-state index contributed by atoms with van der Waals surface area (Å²) in [6.07, 6.45) is 4.63. The Morgan fingerprint density at radius 3 is 2.74 bits per heavy atom. The van der Waals surface area contributed by atoms with E-state index in [1.165, 1.54) is 11.1 Å². The molecule has 2 atom stereocenters. The Bertz CT molecular complexity index is 651. The van der Waals surface area contributed by atoms with Gasteiger partial charge < -0.3 is 10.5 Å². The van der Waals surface area contributed by atoms with Crippen molar-refractivity contribution < 1.29 is 13.2 Å². The Hall–Kier alpha value is -0.660. The van der Waals surface area contributed by atoms with Crippen molar-refractivity contribution in [1.29, 1.82) is 0 Å². The summed E-state index contributed by atoms with van der Waals surface area (Å²) >= 11 is 0. The fourth-order valence-electron chi connectivity index (χ4n) is 3.58. The minimum absolute atomic E-state index is 0. The SMILES string of the molecule is COC1CCN(S(=O)(=O)c2ccc3c(c2)CCC3)C(CN)C1.Cl. The van der Waals surface area contributed by atoms with E-state index in [2.05, 4.69) is 0 Å². The van der Waals surface area contributed by atoms with E-state index in [1.807, 2.05) is 12.1 Å². The van der Waals surface area contributed by atoms with Gasteiger partial charge in [0, 0.05) is 26.2 Å². The van der Waals surface area contributed by atoms with Crippen molar-refractivity contribution in [2.24, 2.45) is 5.73 Å². The average Bonchev–Trinajstić information content (AvgIpc) is 3.01. The third-order valence-corrected chi connectivity index (χ3v) is 6.84. The van der Waals surface area contributed by atoms with Crippen LogP contribution in [0.3, 0.4) is 0 Å². The van der Waals surface area contributed by atoms with Crippen molar-refractivity contribution in [1.82, 2.24) is 4.31 Å². The van der Waals surface area contributed by atoms with E-state index < -0.39 is 10.0 Å². The molecule has 0 spiro atoms. The second kappa shape index (κ2) is 7.49. The number of nitrogens with zero attached hydrogens (tertiary/aromatic N) is 1. The Kier molecular flexibility index (Phi) is 6.08. The summed E-state index contributed by atoms with van der Waals surface area (Å²) in [4.78, 5) is 0.405. The summed E-state index contributed by atoms with van der Waals surface area (Å²) in [7, 11) is -1.81. The van der Waals surface area contributed by atoms with E-state index in [9.17, 15) is 8.42 Å². The van der Waals surface area contributed by atoms with Crippen LogP contribution in [0.5, 0.6) is 0 Å². The second-order valence-corrected chi connectivity index (χ2v) is 8.06. The van der Waals surface area contributed by atoms with Gasteiger partial charge in [0.1, 0.15) is 0 Å². The highest BCUT2D eigenvalue weighted by Gasteiger charge is 2.36. The van der Waals surface area contributed by atoms with Crippen LogP contribution < -0.4 is 5.73 Å². The molecule has 0 bridgehead atoms. The monoisotopic (exact) mass is 360 g/mol. The third kappa shape index (κ3) is 3.56. The summed E-state index contributed by atoms with van der Waals surface area (Å²) < 4.78 is 32.9. The highest BCUT2D eigenvalue weighted by molar-refractivity contribution is 7.89. The van der Waals surface area contributed by atoms with Gasteiger partial charge in [0.25, 0.3) is 0 Å². The van der Waals surface area contributed by atoms with Crippen LogP contribution in [0.1, 0.15) is 30.4 Å². The second-order valence-electron chi connectivity index (χ2n) is 6.17. The first-order valence-electron chi connectivity index (χ1n) is 7.92. The van der Waals surface area contributed by atoms with Crippen LogP contribution in [0.15, 0.2) is 23.1 Å². The minimum Gasteiger partial charge on any atom is -0.381 e. The van der Waals surface area contributed by atoms with Crippen molar-refractivity contribution in [3.8, 4) is 0 Å². The van der Waals surface area contributed by atoms with Gasteiger partial charge in [0.15, 0.2) is 0 Å². The van der Waals surface area contributed by atoms with Gasteiger partial charge in [-0.05, 0) is 55.4 Å². The van der Waals surface area contributed by atoms with Gasteiger partial charge in [-0.2, -0.15) is 4.31 Å². The first-order valence-corrected chi connectivity index (χ1v) is 9.36. The molecular weight excluding hydrogens is 336 g/mol. The molecule has 1 fully saturated rings. The number of rotatable bonds is 4. The molecule has 1 saturated heterocycles. The third-order valence-electron chi connectivity index (χ3n) is 4.90. The van der Waals surface area contributed by atoms with Gasteiger partial charge in [-0.15, -0.1) is 12.4 Å². The van der Waals surface area contributed by atoms with Gasteiger partial charge >= 0.3 is 0 Å². The maximum Gasteiger partial charge on any atom is 0.243 e. The van der Waals surface area contributed by atoms with Crippen molar-refractivity contribution >= 4 is 22.4 Å². The molecule has 0 amide bonds. The molecule has 0 aromatic heterocycles. The van der Waals surface area contributed by atoms with Crippen LogP contribution in [0.25, 0.3) is 0 Å². The fourth-order valence-corrected chi connectivity index (χ4v) is 5.29. The van der Waals surface area contributed by atoms with Gasteiger partial charge in [-0.25, -0.2) is 8.42 Å². The number of benzene rings is 1. The number of piperidine rings is 1. The molecule has 0 saturated carbocycles. The molecule has 2 aliphatic rings. The molecule has 130 valence electrons. The van der Waals surface area contributed by atoms with Crippen molar-refractivity contribution in [3.05, 3.63) is 29.3 Å². The fraction of sp³-hybridized carbons (Fsp3) is 0.625. The van der Waals surface area contributed by atoms with Gasteiger partial charge in [0.2, 0.25) is 10.0 Å². The normalized spacial score (nSPS) is 25.0. The zero-order valence-corrected chi connectivity index (χ0v) is 15.0. The molecule has 1 aliphatic carbocycles. The maximum atomic E-state index is 13.0. The first kappa shape index (κ1) is 18.7. The number of methoxy groups -OCH3 is 1. The van der Waals surface area contributed by atoms with E-state index in [4.69, 9.17) is 10.5 Å². The summed E-state index contributed by atoms with van der Waals surface area (Å²) in [5.74, 6) is 0. The van der Waals surface area contributed by atoms with Crippen molar-refractivity contribution in [2.75, 3.05) is 20.2 Å². The lowest BCUT2D eigenvalue weighted by Crippen LogP contribution is -2.51. The van der Waals surface area contributed by atoms with Crippen LogP contribution in [0.2, 0.25) is 0 Å². The van der Waals surface area contributed by atoms with Gasteiger partial charge in [-0.3, -0.25) is 0 Å². The predicted octanol–water partition coefficient (Wildman–Crippen LogP) is 1.72. The van der Waals surface area contributed by atoms with Crippen molar-refractivity contribution in [3.63, 3.8) is 0 Å². The highest BCUT2D eigenvalue weighted by Crippen LogP contribution is 2.29. The Labute approximate surface area is 144 Å². The standard InChI is InChI=1S/C16H24N2O3S.ClH/c1-21-15-7-8-18(14(10-15)11-17)22(19,20)16-6-5-12-3-2-4-13(12)9-16;/h5-6,9,14-15H,2-4,7-8,10-11,17H2,1H3;1H. The number of nitrogens with two attached hydrogens (primary N) is 1. The van der Waals surface area contributed by atoms with Crippen LogP contribution in [0.4, 0.5) is 0 Å². The van der Waals surface area contributed by atoms with Crippen LogP contribution in [0, 0.1) is 0 Å². The van der Waals surface area contributed by atoms with E-state index in [1.54, 1.807) is 17.5 Å². The quantitative estimate of drug-likeness (QED) is 0.887. The smallest absolute Gasteiger partial charge is 0.243 e. The number of sulfonamides is 1.